The molecule has 32 heavy (non-hydrogen) atoms. The van der Waals surface area contributed by atoms with E-state index in [-0.39, 0.29) is 0 Å². The molecule has 0 amide bonds. The minimum absolute atomic E-state index is 0.858. The van der Waals surface area contributed by atoms with E-state index in [1.807, 2.05) is 0 Å². The molecule has 1 unspecified atom stereocenters. The summed E-state index contributed by atoms with van der Waals surface area (Å²) in [5.74, 6) is -25.3. The van der Waals surface area contributed by atoms with Crippen LogP contribution in [0.5, 0.6) is 0 Å². The molecule has 19 heteroatoms. The maximum Gasteiger partial charge on any atom is 0.380 e. The number of nitrogens with zero attached hydrogens (tertiary/aromatic N) is 2. The first-order chi connectivity index (χ1) is 14.2. The number of hydrogen-bond acceptors (Lipinski definition) is 3. The zero-order valence-electron chi connectivity index (χ0n) is 16.1. The average Bonchev–Trinajstić information content (AvgIpc) is 2.68. The maximum absolute atomic E-state index is 13.6. The van der Waals surface area contributed by atoms with Gasteiger partial charge < -0.3 is 9.05 Å². The largest absolute Gasteiger partial charge is 0.380 e. The number of rotatable bonds is 11. The first-order valence-electron chi connectivity index (χ1n) is 7.69. The molecule has 0 aromatic heterocycles. The van der Waals surface area contributed by atoms with Crippen molar-refractivity contribution < 1.29 is 61.7 Å². The molecule has 0 fully saturated rings. The molecule has 0 spiro atoms. The van der Waals surface area contributed by atoms with Crippen molar-refractivity contribution in [1.29, 1.82) is 0 Å². The predicted molar refractivity (Wildman–Crippen MR) is 94.6 cm³/mol. The van der Waals surface area contributed by atoms with Gasteiger partial charge in [0.05, 0.1) is 7.28 Å². The number of hydrogen-bond donors (Lipinski definition) is 0. The summed E-state index contributed by atoms with van der Waals surface area (Å²) in [4.78, 5) is 0. The zero-order chi connectivity index (χ0) is 25.8. The van der Waals surface area contributed by atoms with E-state index in [1.54, 1.807) is 0 Å². The Labute approximate surface area is 178 Å². The van der Waals surface area contributed by atoms with Gasteiger partial charge in [-0.15, -0.1) is 0 Å². The van der Waals surface area contributed by atoms with E-state index in [2.05, 4.69) is 18.3 Å². The van der Waals surface area contributed by atoms with E-state index in [1.165, 1.54) is 0 Å². The van der Waals surface area contributed by atoms with E-state index in [0.29, 0.717) is 0 Å². The Morgan fingerprint density at radius 2 is 1.53 bits per heavy atom. The second kappa shape index (κ2) is 11.2. The maximum atomic E-state index is 13.6. The lowest BCUT2D eigenvalue weighted by atomic mass is 10.1. The smallest absolute Gasteiger partial charge is 0.338 e. The van der Waals surface area contributed by atoms with Gasteiger partial charge in [0.25, 0.3) is 6.78 Å². The molecule has 0 saturated carbocycles. The molecule has 190 valence electrons. The summed E-state index contributed by atoms with van der Waals surface area (Å²) in [7, 11) is -2.85. The first-order valence-corrected chi connectivity index (χ1v) is 12.8. The van der Waals surface area contributed by atoms with Crippen molar-refractivity contribution in [3.63, 3.8) is 0 Å². The lowest BCUT2D eigenvalue weighted by Gasteiger charge is -2.33. The number of alkyl halides is 8. The third kappa shape index (κ3) is 7.68. The van der Waals surface area contributed by atoms with Gasteiger partial charge in [-0.2, -0.15) is 30.9 Å². The Balaban J connectivity index is 5.70. The van der Waals surface area contributed by atoms with Crippen LogP contribution in [0.4, 0.5) is 52.7 Å². The summed E-state index contributed by atoms with van der Waals surface area (Å²) in [5, 5.41) is 0. The van der Waals surface area contributed by atoms with Crippen molar-refractivity contribution in [2.24, 2.45) is 9.26 Å². The molecule has 0 N–H and O–H groups in total. The normalized spacial score (nSPS) is 17.2. The van der Waals surface area contributed by atoms with Crippen LogP contribution in [-0.4, -0.2) is 57.8 Å². The van der Waals surface area contributed by atoms with Crippen LogP contribution < -0.4 is 0 Å². The standard InChI is InChI=1S/C13H15ClF12N2O2P2/c1-27-32(14,29-5-8(17)9(18)7(16)4-15)28-31(2,3)30-6-11(21,22)13(25,26)12(23,24)10(19)20/h4,10H,5-6H2,1-3H3/b7-4+,9-8-. The van der Waals surface area contributed by atoms with Crippen molar-refractivity contribution >= 4 is 25.3 Å². The molecular formula is C13H15ClF12N2O2P2. The Morgan fingerprint density at radius 3 is 1.94 bits per heavy atom. The van der Waals surface area contributed by atoms with Crippen molar-refractivity contribution in [2.75, 3.05) is 33.6 Å². The molecule has 0 heterocycles. The highest BCUT2D eigenvalue weighted by atomic mass is 35.7. The Bertz CT molecular complexity index is 841. The minimum atomic E-state index is -6.52. The van der Waals surface area contributed by atoms with Crippen molar-refractivity contribution in [2.45, 2.75) is 24.2 Å². The molecule has 0 radical (unpaired) electrons. The first kappa shape index (κ1) is 31.3. The van der Waals surface area contributed by atoms with Gasteiger partial charge in [0.1, 0.15) is 19.5 Å². The number of halogens is 13. The fraction of sp³-hybridized carbons (Fsp3) is 0.692. The van der Waals surface area contributed by atoms with Crippen LogP contribution in [0.2, 0.25) is 0 Å². The molecule has 1 atom stereocenters. The van der Waals surface area contributed by atoms with Crippen molar-refractivity contribution in [3.8, 4) is 0 Å². The van der Waals surface area contributed by atoms with Gasteiger partial charge in [0, 0.05) is 7.05 Å². The molecule has 0 aliphatic rings. The quantitative estimate of drug-likeness (QED) is 0.146. The van der Waals surface area contributed by atoms with Gasteiger partial charge in [-0.1, -0.05) is 0 Å². The van der Waals surface area contributed by atoms with Gasteiger partial charge >= 0.3 is 24.2 Å². The van der Waals surface area contributed by atoms with Crippen molar-refractivity contribution in [1.82, 2.24) is 0 Å². The van der Waals surface area contributed by atoms with Gasteiger partial charge in [0.2, 0.25) is 0 Å². The van der Waals surface area contributed by atoms with E-state index in [9.17, 15) is 52.7 Å². The topological polar surface area (TPSA) is 43.2 Å². The molecule has 0 saturated heterocycles. The summed E-state index contributed by atoms with van der Waals surface area (Å²) < 4.78 is 171. The van der Waals surface area contributed by atoms with Gasteiger partial charge in [-0.05, 0) is 24.6 Å². The highest BCUT2D eigenvalue weighted by Crippen LogP contribution is 2.66. The summed E-state index contributed by atoms with van der Waals surface area (Å²) >= 11 is 5.78. The zero-order valence-corrected chi connectivity index (χ0v) is 18.6. The molecule has 0 bridgehead atoms. The fourth-order valence-corrected chi connectivity index (χ4v) is 6.85. The highest BCUT2D eigenvalue weighted by Gasteiger charge is 2.75. The van der Waals surface area contributed by atoms with E-state index >= 15 is 0 Å². The van der Waals surface area contributed by atoms with Crippen molar-refractivity contribution in [3.05, 3.63) is 23.8 Å². The second-order valence-corrected chi connectivity index (χ2v) is 12.5. The second-order valence-electron chi connectivity index (χ2n) is 5.98. The van der Waals surface area contributed by atoms with Crippen LogP contribution in [0.25, 0.3) is 0 Å². The summed E-state index contributed by atoms with van der Waals surface area (Å²) in [5.41, 5.74) is 0. The van der Waals surface area contributed by atoms with E-state index < -0.39 is 75.3 Å². The Morgan fingerprint density at radius 1 is 1.03 bits per heavy atom. The van der Waals surface area contributed by atoms with E-state index in [4.69, 9.17) is 11.2 Å². The Kier molecular flexibility index (Phi) is 10.9. The number of allylic oxidation sites excluding steroid dienone is 2. The Hall–Kier alpha value is -0.690. The molecule has 0 aromatic carbocycles. The van der Waals surface area contributed by atoms with Crippen LogP contribution >= 0.6 is 25.3 Å². The molecule has 0 aliphatic heterocycles. The molecule has 4 nitrogen and oxygen atoms in total. The van der Waals surface area contributed by atoms with Crippen LogP contribution in [0.15, 0.2) is 33.1 Å². The SMILES string of the molecule is CN=P(Cl)(N=P(C)(C)OCC(F)(F)C(F)(F)C(F)(F)C(F)F)OC/C(F)=C(F)\C(F)=C/F. The van der Waals surface area contributed by atoms with E-state index in [0.717, 1.165) is 20.4 Å². The van der Waals surface area contributed by atoms with Gasteiger partial charge in [-0.3, -0.25) is 0 Å². The van der Waals surface area contributed by atoms with Crippen LogP contribution in [-0.2, 0) is 9.05 Å². The molecule has 0 aromatic rings. The molecular weight excluding hydrogens is 542 g/mol. The monoisotopic (exact) mass is 556 g/mol. The minimum Gasteiger partial charge on any atom is -0.338 e. The van der Waals surface area contributed by atoms with Gasteiger partial charge in [-0.25, -0.2) is 31.1 Å². The van der Waals surface area contributed by atoms with Crippen LogP contribution in [0.3, 0.4) is 0 Å². The van der Waals surface area contributed by atoms with Gasteiger partial charge in [0.15, 0.2) is 17.5 Å². The highest BCUT2D eigenvalue weighted by molar-refractivity contribution is 7.89. The lowest BCUT2D eigenvalue weighted by Crippen LogP contribution is -2.59. The lowest BCUT2D eigenvalue weighted by molar-refractivity contribution is -0.342. The summed E-state index contributed by atoms with van der Waals surface area (Å²) in [6.07, 6.45) is -6.03. The fourth-order valence-electron chi connectivity index (χ4n) is 1.51. The summed E-state index contributed by atoms with van der Waals surface area (Å²) in [6, 6.07) is 0. The van der Waals surface area contributed by atoms with Crippen LogP contribution in [0, 0.1) is 0 Å². The third-order valence-corrected chi connectivity index (χ3v) is 8.86. The van der Waals surface area contributed by atoms with Crippen LogP contribution in [0.1, 0.15) is 0 Å². The molecule has 0 rings (SSSR count). The molecule has 0 aliphatic carbocycles. The average molecular weight is 557 g/mol. The summed E-state index contributed by atoms with van der Waals surface area (Å²) in [6.45, 7) is -6.39. The third-order valence-electron chi connectivity index (χ3n) is 3.19. The predicted octanol–water partition coefficient (Wildman–Crippen LogP) is 8.31.